The van der Waals surface area contributed by atoms with Gasteiger partial charge >= 0.3 is 12.2 Å². The van der Waals surface area contributed by atoms with Gasteiger partial charge in [-0.05, 0) is 42.5 Å². The average Bonchev–Trinajstić information content (AvgIpc) is 3.41. The second kappa shape index (κ2) is 9.20. The molecule has 0 saturated carbocycles. The van der Waals surface area contributed by atoms with Gasteiger partial charge < -0.3 is 21.6 Å². The molecule has 0 radical (unpaired) electrons. The molecule has 192 valence electrons. The summed E-state index contributed by atoms with van der Waals surface area (Å²) >= 11 is 0. The molecule has 0 saturated heterocycles. The highest BCUT2D eigenvalue weighted by atomic mass is 19.4. The lowest BCUT2D eigenvalue weighted by molar-refractivity contribution is -0.583. The molecule has 0 spiro atoms. The molecular weight excluding hydrogens is 507 g/mol. The Morgan fingerprint density at radius 1 is 1.05 bits per heavy atom. The Morgan fingerprint density at radius 3 is 2.50 bits per heavy atom. The zero-order chi connectivity index (χ0) is 27.0. The average molecular weight is 523 g/mol. The van der Waals surface area contributed by atoms with Gasteiger partial charge in [0.2, 0.25) is 23.2 Å². The monoisotopic (exact) mass is 523 g/mol. The van der Waals surface area contributed by atoms with Gasteiger partial charge in [0, 0.05) is 11.8 Å². The molecule has 0 fully saturated rings. The maximum atomic E-state index is 13.3. The fraction of sp³-hybridized carbons (Fsp3) is 0.0435. The Labute approximate surface area is 210 Å². The normalized spacial score (nSPS) is 11.4. The van der Waals surface area contributed by atoms with Crippen LogP contribution in [0.15, 0.2) is 78.2 Å². The lowest BCUT2D eigenvalue weighted by Crippen LogP contribution is -2.33. The van der Waals surface area contributed by atoms with E-state index in [1.54, 1.807) is 12.1 Å². The number of rotatable bonds is 4. The van der Waals surface area contributed by atoms with Crippen LogP contribution < -0.4 is 26.5 Å². The summed E-state index contributed by atoms with van der Waals surface area (Å²) in [5, 5.41) is 24.6. The number of carbonyl (C=O) groups excluding carboxylic acids is 1. The first kappa shape index (κ1) is 24.2. The maximum Gasteiger partial charge on any atom is 0.416 e. The summed E-state index contributed by atoms with van der Waals surface area (Å²) in [6, 6.07) is 9.37. The predicted octanol–water partition coefficient (Wildman–Crippen LogP) is 2.84. The van der Waals surface area contributed by atoms with Gasteiger partial charge in [0.05, 0.1) is 35.5 Å². The van der Waals surface area contributed by atoms with E-state index >= 15 is 0 Å². The number of nitrogens with one attached hydrogen (secondary N) is 2. The summed E-state index contributed by atoms with van der Waals surface area (Å²) in [7, 11) is 0. The zero-order valence-corrected chi connectivity index (χ0v) is 19.0. The van der Waals surface area contributed by atoms with E-state index < -0.39 is 23.2 Å². The number of fused-ring (bicyclic) bond motifs is 1. The number of hydrogen-bond donors (Lipinski definition) is 3. The second-order valence-electron chi connectivity index (χ2n) is 7.91. The number of halogens is 3. The smallest absolute Gasteiger partial charge is 0.416 e. The standard InChI is InChI=1S/C23H16F3N9O3/c24-23(25,26)13-1-6-17(34-10-8-29-32-34)16(11-13)31-22(37)30-14-2-4-15(5-3-14)33-9-7-18(36)19-20(27)28-12-35(38)21(19)33/h1-12H,(H2,27,28)(H2,30,31,37). The molecule has 12 nitrogen and oxygen atoms in total. The highest BCUT2D eigenvalue weighted by Crippen LogP contribution is 2.33. The number of nitrogens with zero attached hydrogens (tertiary/aromatic N) is 6. The fourth-order valence-corrected chi connectivity index (χ4v) is 3.77. The van der Waals surface area contributed by atoms with E-state index in [1.807, 2.05) is 0 Å². The van der Waals surface area contributed by atoms with Gasteiger partial charge in [-0.25, -0.2) is 18.8 Å². The van der Waals surface area contributed by atoms with Crippen molar-refractivity contribution in [1.29, 1.82) is 0 Å². The minimum atomic E-state index is -4.63. The third-order valence-corrected chi connectivity index (χ3v) is 5.48. The molecule has 0 aliphatic rings. The van der Waals surface area contributed by atoms with Crippen molar-refractivity contribution in [3.8, 4) is 11.4 Å². The summed E-state index contributed by atoms with van der Waals surface area (Å²) in [5.41, 5.74) is 5.10. The fourth-order valence-electron chi connectivity index (χ4n) is 3.77. The Kier molecular flexibility index (Phi) is 5.87. The number of benzene rings is 2. The van der Waals surface area contributed by atoms with Crippen LogP contribution >= 0.6 is 0 Å². The highest BCUT2D eigenvalue weighted by Gasteiger charge is 2.31. The maximum absolute atomic E-state index is 13.3. The highest BCUT2D eigenvalue weighted by molar-refractivity contribution is 6.01. The molecule has 0 aliphatic carbocycles. The first-order chi connectivity index (χ1) is 18.1. The predicted molar refractivity (Wildman–Crippen MR) is 130 cm³/mol. The number of nitrogens with two attached hydrogens (primary N) is 1. The molecule has 2 aromatic carbocycles. The Balaban J connectivity index is 1.41. The van der Waals surface area contributed by atoms with Crippen LogP contribution in [0.5, 0.6) is 0 Å². The van der Waals surface area contributed by atoms with Crippen LogP contribution in [0.1, 0.15) is 5.56 Å². The van der Waals surface area contributed by atoms with Crippen molar-refractivity contribution >= 4 is 34.3 Å². The Morgan fingerprint density at radius 2 is 1.82 bits per heavy atom. The third kappa shape index (κ3) is 4.55. The van der Waals surface area contributed by atoms with Gasteiger partial charge in [0.25, 0.3) is 0 Å². The molecule has 0 aliphatic heterocycles. The number of nitrogen functional groups attached to an aromatic ring is 1. The van der Waals surface area contributed by atoms with E-state index in [2.05, 4.69) is 25.9 Å². The van der Waals surface area contributed by atoms with Crippen molar-refractivity contribution in [2.24, 2.45) is 0 Å². The van der Waals surface area contributed by atoms with Crippen molar-refractivity contribution in [3.05, 3.63) is 94.4 Å². The van der Waals surface area contributed by atoms with Crippen molar-refractivity contribution in [3.63, 3.8) is 0 Å². The molecule has 5 aromatic rings. The molecular formula is C23H16F3N9O3. The van der Waals surface area contributed by atoms with E-state index in [0.717, 1.165) is 18.5 Å². The summed E-state index contributed by atoms with van der Waals surface area (Å²) in [5.74, 6) is -0.0961. The van der Waals surface area contributed by atoms with Crippen LogP contribution in [-0.4, -0.2) is 30.6 Å². The molecule has 2 amide bonds. The number of amides is 2. The van der Waals surface area contributed by atoms with Crippen LogP contribution in [0.25, 0.3) is 22.4 Å². The van der Waals surface area contributed by atoms with E-state index in [1.165, 1.54) is 52.1 Å². The molecule has 5 rings (SSSR count). The van der Waals surface area contributed by atoms with Gasteiger partial charge in [-0.1, -0.05) is 10.2 Å². The Hall–Kier alpha value is -5.47. The summed E-state index contributed by atoms with van der Waals surface area (Å²) in [4.78, 5) is 28.6. The molecule has 0 unspecified atom stereocenters. The van der Waals surface area contributed by atoms with Crippen LogP contribution in [0.3, 0.4) is 0 Å². The molecule has 0 atom stereocenters. The van der Waals surface area contributed by atoms with Crippen LogP contribution in [0.4, 0.5) is 35.2 Å². The number of pyridine rings is 1. The first-order valence-corrected chi connectivity index (χ1v) is 10.8. The minimum Gasteiger partial charge on any atom is -0.740 e. The number of urea groups is 1. The summed E-state index contributed by atoms with van der Waals surface area (Å²) < 4.78 is 42.8. The van der Waals surface area contributed by atoms with E-state index in [0.29, 0.717) is 16.1 Å². The lowest BCUT2D eigenvalue weighted by atomic mass is 10.1. The van der Waals surface area contributed by atoms with Gasteiger partial charge in [0.1, 0.15) is 5.69 Å². The summed E-state index contributed by atoms with van der Waals surface area (Å²) in [6.07, 6.45) is 0.468. The van der Waals surface area contributed by atoms with Crippen molar-refractivity contribution in [1.82, 2.24) is 24.5 Å². The van der Waals surface area contributed by atoms with Gasteiger partial charge in [-0.2, -0.15) is 13.2 Å². The molecule has 0 bridgehead atoms. The second-order valence-corrected chi connectivity index (χ2v) is 7.91. The zero-order valence-electron chi connectivity index (χ0n) is 19.0. The number of aromatic nitrogens is 6. The first-order valence-electron chi connectivity index (χ1n) is 10.8. The minimum absolute atomic E-state index is 0.0337. The number of hydrogen-bond acceptors (Lipinski definition) is 7. The summed E-state index contributed by atoms with van der Waals surface area (Å²) in [6.45, 7) is 0. The third-order valence-electron chi connectivity index (χ3n) is 5.48. The van der Waals surface area contributed by atoms with E-state index in [4.69, 9.17) is 5.73 Å². The van der Waals surface area contributed by atoms with Gasteiger partial charge in [0.15, 0.2) is 5.39 Å². The van der Waals surface area contributed by atoms with Crippen LogP contribution in [0, 0.1) is 5.21 Å². The number of alkyl halides is 3. The van der Waals surface area contributed by atoms with Crippen molar-refractivity contribution < 1.29 is 22.7 Å². The van der Waals surface area contributed by atoms with E-state index in [-0.39, 0.29) is 28.2 Å². The van der Waals surface area contributed by atoms with Crippen LogP contribution in [-0.2, 0) is 6.18 Å². The quantitative estimate of drug-likeness (QED) is 0.241. The number of carbonyl (C=O) groups is 1. The largest absolute Gasteiger partial charge is 0.740 e. The van der Waals surface area contributed by atoms with Crippen molar-refractivity contribution in [2.75, 3.05) is 16.4 Å². The van der Waals surface area contributed by atoms with Crippen LogP contribution in [0.2, 0.25) is 0 Å². The molecule has 3 aromatic heterocycles. The number of anilines is 3. The Bertz CT molecular complexity index is 1720. The SMILES string of the molecule is Nc1nc[n+]([O-])c2c1c(=O)ccn2-c1ccc(NC(=O)Nc2cc(C(F)(F)F)ccc2-n2ccnn2)cc1. The molecule has 38 heavy (non-hydrogen) atoms. The molecule has 3 heterocycles. The molecule has 4 N–H and O–H groups in total. The van der Waals surface area contributed by atoms with Gasteiger partial charge in [-0.3, -0.25) is 4.79 Å². The lowest BCUT2D eigenvalue weighted by Gasteiger charge is -2.15. The molecule has 15 heteroatoms. The van der Waals surface area contributed by atoms with E-state index in [9.17, 15) is 28.0 Å². The van der Waals surface area contributed by atoms with Gasteiger partial charge in [-0.15, -0.1) is 5.10 Å². The topological polar surface area (TPSA) is 160 Å². The van der Waals surface area contributed by atoms with Crippen molar-refractivity contribution in [2.45, 2.75) is 6.18 Å².